The van der Waals surface area contributed by atoms with Crippen molar-refractivity contribution in [3.63, 3.8) is 0 Å². The second kappa shape index (κ2) is 13.0. The molecule has 0 amide bonds. The summed E-state index contributed by atoms with van der Waals surface area (Å²) >= 11 is 0. The maximum absolute atomic E-state index is 5.15. The van der Waals surface area contributed by atoms with Crippen LogP contribution >= 0.6 is 0 Å². The van der Waals surface area contributed by atoms with E-state index in [1.165, 1.54) is 32.4 Å². The minimum Gasteiger partial charge on any atom is -0.317 e. The van der Waals surface area contributed by atoms with Crippen molar-refractivity contribution in [1.82, 2.24) is 24.1 Å². The van der Waals surface area contributed by atoms with Gasteiger partial charge >= 0.3 is 0 Å². The van der Waals surface area contributed by atoms with Crippen LogP contribution in [-0.2, 0) is 0 Å². The Hall–Kier alpha value is -7.63. The molecule has 0 N–H and O–H groups in total. The number of nitrogens with zero attached hydrogens (tertiary/aromatic N) is 5. The van der Waals surface area contributed by atoms with Crippen molar-refractivity contribution in [2.24, 2.45) is 0 Å². The average Bonchev–Trinajstić information content (AvgIpc) is 3.86. The predicted octanol–water partition coefficient (Wildman–Crippen LogP) is 12.7. The molecule has 3 heterocycles. The van der Waals surface area contributed by atoms with Gasteiger partial charge in [-0.15, -0.1) is 0 Å². The molecule has 5 nitrogen and oxygen atoms in total. The van der Waals surface area contributed by atoms with E-state index in [2.05, 4.69) is 149 Å². The van der Waals surface area contributed by atoms with Crippen molar-refractivity contribution in [2.45, 2.75) is 0 Å². The molecule has 0 aliphatic rings. The van der Waals surface area contributed by atoms with Crippen LogP contribution in [-0.4, -0.2) is 24.1 Å². The molecule has 262 valence electrons. The van der Waals surface area contributed by atoms with E-state index in [0.29, 0.717) is 17.5 Å². The fourth-order valence-electron chi connectivity index (χ4n) is 8.11. The highest BCUT2D eigenvalue weighted by Gasteiger charge is 2.19. The maximum atomic E-state index is 5.15. The second-order valence-electron chi connectivity index (χ2n) is 14.1. The lowest BCUT2D eigenvalue weighted by Crippen LogP contribution is -2.01. The summed E-state index contributed by atoms with van der Waals surface area (Å²) in [7, 11) is 0. The molecule has 0 fully saturated rings. The van der Waals surface area contributed by atoms with Crippen LogP contribution in [0.25, 0.3) is 100 Å². The van der Waals surface area contributed by atoms with Crippen molar-refractivity contribution in [3.8, 4) is 56.7 Å². The minimum absolute atomic E-state index is 0.618. The number of fused-ring (bicyclic) bond motifs is 6. The van der Waals surface area contributed by atoms with Crippen molar-refractivity contribution >= 4 is 43.5 Å². The van der Waals surface area contributed by atoms with Crippen LogP contribution in [0.15, 0.2) is 200 Å². The third-order valence-electron chi connectivity index (χ3n) is 10.8. The summed E-state index contributed by atoms with van der Waals surface area (Å²) < 4.78 is 4.68. The van der Waals surface area contributed by atoms with Crippen molar-refractivity contribution in [1.29, 1.82) is 0 Å². The van der Waals surface area contributed by atoms with E-state index in [0.717, 1.165) is 50.2 Å². The minimum atomic E-state index is 0.618. The highest BCUT2D eigenvalue weighted by molar-refractivity contribution is 6.18. The molecule has 5 heteroatoms. The molecule has 0 unspecified atom stereocenters. The third kappa shape index (κ3) is 5.37. The van der Waals surface area contributed by atoms with Crippen LogP contribution < -0.4 is 0 Å². The van der Waals surface area contributed by atoms with Gasteiger partial charge in [0.25, 0.3) is 0 Å². The SMILES string of the molecule is c1ccc(-c2cc(-c3nc(-c4ccccc4)nc(-c4ccccc4)n3)cc(-n3c4ccccc4c4cc5ccc6c(ccn6-c6ccccc6)c5cc43)c2)cc1. The first-order chi connectivity index (χ1) is 27.7. The van der Waals surface area contributed by atoms with Gasteiger partial charge in [-0.25, -0.2) is 15.0 Å². The number of hydrogen-bond donors (Lipinski definition) is 0. The first kappa shape index (κ1) is 31.9. The number of aromatic nitrogens is 5. The molecule has 3 aromatic heterocycles. The molecule has 0 saturated carbocycles. The Morgan fingerprint density at radius 3 is 1.54 bits per heavy atom. The first-order valence-electron chi connectivity index (χ1n) is 18.9. The largest absolute Gasteiger partial charge is 0.317 e. The summed E-state index contributed by atoms with van der Waals surface area (Å²) in [4.78, 5) is 15.3. The van der Waals surface area contributed by atoms with Gasteiger partial charge in [0.1, 0.15) is 0 Å². The number of benzene rings is 8. The zero-order chi connectivity index (χ0) is 37.0. The molecule has 0 aliphatic heterocycles. The Balaban J connectivity index is 1.18. The zero-order valence-corrected chi connectivity index (χ0v) is 30.3. The maximum Gasteiger partial charge on any atom is 0.164 e. The molecule has 0 radical (unpaired) electrons. The first-order valence-corrected chi connectivity index (χ1v) is 18.9. The quantitative estimate of drug-likeness (QED) is 0.172. The second-order valence-corrected chi connectivity index (χ2v) is 14.1. The van der Waals surface area contributed by atoms with Gasteiger partial charge in [-0.05, 0) is 82.6 Å². The van der Waals surface area contributed by atoms with E-state index >= 15 is 0 Å². The fourth-order valence-corrected chi connectivity index (χ4v) is 8.11. The summed E-state index contributed by atoms with van der Waals surface area (Å²) in [5, 5.41) is 6.06. The van der Waals surface area contributed by atoms with Gasteiger partial charge in [0.05, 0.1) is 16.6 Å². The van der Waals surface area contributed by atoms with E-state index in [9.17, 15) is 0 Å². The topological polar surface area (TPSA) is 48.5 Å². The number of hydrogen-bond acceptors (Lipinski definition) is 3. The Kier molecular flexibility index (Phi) is 7.42. The number of rotatable bonds is 6. The van der Waals surface area contributed by atoms with Crippen LogP contribution in [0.3, 0.4) is 0 Å². The Labute approximate surface area is 323 Å². The molecule has 0 atom stereocenters. The molecule has 11 aromatic rings. The van der Waals surface area contributed by atoms with Crippen molar-refractivity contribution < 1.29 is 0 Å². The third-order valence-corrected chi connectivity index (χ3v) is 10.8. The van der Waals surface area contributed by atoms with Gasteiger partial charge in [-0.2, -0.15) is 0 Å². The summed E-state index contributed by atoms with van der Waals surface area (Å²) in [6.45, 7) is 0. The van der Waals surface area contributed by atoms with Crippen molar-refractivity contribution in [3.05, 3.63) is 200 Å². The van der Waals surface area contributed by atoms with Gasteiger partial charge < -0.3 is 9.13 Å². The summed E-state index contributed by atoms with van der Waals surface area (Å²) in [5.41, 5.74) is 10.6. The van der Waals surface area contributed by atoms with E-state index in [-0.39, 0.29) is 0 Å². The van der Waals surface area contributed by atoms with Crippen LogP contribution in [0.2, 0.25) is 0 Å². The molecule has 0 bridgehead atoms. The lowest BCUT2D eigenvalue weighted by atomic mass is 10.0. The summed E-state index contributed by atoms with van der Waals surface area (Å²) in [6.07, 6.45) is 2.18. The molecule has 0 saturated heterocycles. The van der Waals surface area contributed by atoms with Crippen LogP contribution in [0.4, 0.5) is 0 Å². The average molecular weight is 716 g/mol. The predicted molar refractivity (Wildman–Crippen MR) is 230 cm³/mol. The zero-order valence-electron chi connectivity index (χ0n) is 30.3. The molecule has 11 rings (SSSR count). The molecule has 0 aliphatic carbocycles. The summed E-state index contributed by atoms with van der Waals surface area (Å²) in [6, 6.07) is 68.3. The molecule has 0 spiro atoms. The van der Waals surface area contributed by atoms with Crippen molar-refractivity contribution in [2.75, 3.05) is 0 Å². The van der Waals surface area contributed by atoms with Crippen LogP contribution in [0, 0.1) is 0 Å². The molecular weight excluding hydrogens is 683 g/mol. The van der Waals surface area contributed by atoms with E-state index in [4.69, 9.17) is 15.0 Å². The molecular formula is C51H33N5. The summed E-state index contributed by atoms with van der Waals surface area (Å²) in [5.74, 6) is 1.89. The van der Waals surface area contributed by atoms with Crippen LogP contribution in [0.1, 0.15) is 0 Å². The van der Waals surface area contributed by atoms with Gasteiger partial charge in [0, 0.05) is 50.4 Å². The van der Waals surface area contributed by atoms with Gasteiger partial charge in [0.15, 0.2) is 17.5 Å². The Morgan fingerprint density at radius 1 is 0.304 bits per heavy atom. The van der Waals surface area contributed by atoms with Gasteiger partial charge in [0.2, 0.25) is 0 Å². The fraction of sp³-hybridized carbons (Fsp3) is 0. The van der Waals surface area contributed by atoms with E-state index < -0.39 is 0 Å². The molecule has 56 heavy (non-hydrogen) atoms. The van der Waals surface area contributed by atoms with E-state index in [1.54, 1.807) is 0 Å². The smallest absolute Gasteiger partial charge is 0.164 e. The lowest BCUT2D eigenvalue weighted by Gasteiger charge is -2.15. The Bertz CT molecular complexity index is 3160. The van der Waals surface area contributed by atoms with E-state index in [1.807, 2.05) is 60.7 Å². The standard InChI is InChI=1S/C51H33N5/c1-5-15-34(16-6-1)38-29-39(51-53-49(35-17-7-2-8-18-35)52-50(54-51)36-19-9-3-10-20-36)31-41(30-38)56-47-24-14-13-23-42(47)45-32-37-25-26-46-43(44(37)33-48(45)56)27-28-55(46)40-21-11-4-12-22-40/h1-33H. The Morgan fingerprint density at radius 2 is 0.857 bits per heavy atom. The normalized spacial score (nSPS) is 11.6. The van der Waals surface area contributed by atoms with Gasteiger partial charge in [-0.1, -0.05) is 133 Å². The highest BCUT2D eigenvalue weighted by Crippen LogP contribution is 2.39. The highest BCUT2D eigenvalue weighted by atomic mass is 15.0. The lowest BCUT2D eigenvalue weighted by molar-refractivity contribution is 1.07. The monoisotopic (exact) mass is 715 g/mol. The molecule has 8 aromatic carbocycles. The number of para-hydroxylation sites is 2. The van der Waals surface area contributed by atoms with Gasteiger partial charge in [-0.3, -0.25) is 0 Å². The van der Waals surface area contributed by atoms with Crippen LogP contribution in [0.5, 0.6) is 0 Å².